The smallest absolute Gasteiger partial charge is 0.262 e. The molecule has 0 aliphatic heterocycles. The maximum absolute atomic E-state index is 13.1. The number of hydrogen-bond donors (Lipinski definition) is 2. The number of nitrogens with one attached hydrogen (secondary N) is 2. The Morgan fingerprint density at radius 3 is 2.06 bits per heavy atom. The average Bonchev–Trinajstić information content (AvgIpc) is 2.80. The maximum atomic E-state index is 13.1. The van der Waals surface area contributed by atoms with Gasteiger partial charge in [-0.15, -0.1) is 0 Å². The predicted octanol–water partition coefficient (Wildman–Crippen LogP) is 4.38. The standard InChI is InChI=1S/C24H26N2O6S/c1-15-10-11-17(24(27)25-19-14-22(32-5)21(31-4)12-16(19)2)13-23(15)33(28,29)26-18-8-6-7-9-20(18)30-3/h6-14,26H,1-5H3,(H,25,27). The summed E-state index contributed by atoms with van der Waals surface area (Å²) in [5, 5.41) is 2.81. The van der Waals surface area contributed by atoms with Crippen molar-refractivity contribution in [3.05, 3.63) is 71.3 Å². The fourth-order valence-electron chi connectivity index (χ4n) is 3.27. The number of carbonyl (C=O) groups is 1. The fourth-order valence-corrected chi connectivity index (χ4v) is 4.61. The number of aryl methyl sites for hydroxylation is 2. The van der Waals surface area contributed by atoms with Crippen molar-refractivity contribution in [2.24, 2.45) is 0 Å². The number of hydrogen-bond acceptors (Lipinski definition) is 6. The highest BCUT2D eigenvalue weighted by molar-refractivity contribution is 7.92. The van der Waals surface area contributed by atoms with Gasteiger partial charge in [0, 0.05) is 17.3 Å². The number of anilines is 2. The van der Waals surface area contributed by atoms with Crippen LogP contribution in [-0.2, 0) is 10.0 Å². The molecular weight excluding hydrogens is 444 g/mol. The number of para-hydroxylation sites is 2. The van der Waals surface area contributed by atoms with Gasteiger partial charge in [0.2, 0.25) is 0 Å². The Morgan fingerprint density at radius 2 is 1.39 bits per heavy atom. The highest BCUT2D eigenvalue weighted by Crippen LogP contribution is 2.33. The molecule has 0 saturated heterocycles. The van der Waals surface area contributed by atoms with E-state index in [1.807, 2.05) is 6.92 Å². The van der Waals surface area contributed by atoms with Gasteiger partial charge in [-0.1, -0.05) is 18.2 Å². The van der Waals surface area contributed by atoms with Gasteiger partial charge in [-0.2, -0.15) is 0 Å². The molecule has 2 N–H and O–H groups in total. The van der Waals surface area contributed by atoms with Crippen LogP contribution < -0.4 is 24.2 Å². The highest BCUT2D eigenvalue weighted by atomic mass is 32.2. The van der Waals surface area contributed by atoms with E-state index >= 15 is 0 Å². The van der Waals surface area contributed by atoms with Gasteiger partial charge >= 0.3 is 0 Å². The Bertz CT molecular complexity index is 1290. The summed E-state index contributed by atoms with van der Waals surface area (Å²) in [6.45, 7) is 3.48. The molecule has 174 valence electrons. The first-order valence-electron chi connectivity index (χ1n) is 10.0. The van der Waals surface area contributed by atoms with Crippen molar-refractivity contribution in [1.82, 2.24) is 0 Å². The van der Waals surface area contributed by atoms with Crippen LogP contribution in [0.5, 0.6) is 17.2 Å². The number of sulfonamides is 1. The van der Waals surface area contributed by atoms with E-state index < -0.39 is 15.9 Å². The van der Waals surface area contributed by atoms with E-state index in [0.29, 0.717) is 34.2 Å². The summed E-state index contributed by atoms with van der Waals surface area (Å²) in [7, 11) is 0.513. The SMILES string of the molecule is COc1ccccc1NS(=O)(=O)c1cc(C(=O)Nc2cc(OC)c(OC)cc2C)ccc1C. The van der Waals surface area contributed by atoms with Crippen molar-refractivity contribution in [2.75, 3.05) is 31.4 Å². The number of rotatable bonds is 8. The van der Waals surface area contributed by atoms with Crippen molar-refractivity contribution < 1.29 is 27.4 Å². The second-order valence-electron chi connectivity index (χ2n) is 7.26. The normalized spacial score (nSPS) is 10.9. The van der Waals surface area contributed by atoms with Crippen LogP contribution in [-0.4, -0.2) is 35.7 Å². The molecule has 0 saturated carbocycles. The summed E-state index contributed by atoms with van der Waals surface area (Å²) in [6, 6.07) is 14.6. The molecule has 0 bridgehead atoms. The van der Waals surface area contributed by atoms with Gasteiger partial charge in [0.15, 0.2) is 11.5 Å². The van der Waals surface area contributed by atoms with E-state index in [2.05, 4.69) is 10.0 Å². The molecule has 0 heterocycles. The molecule has 1 amide bonds. The molecule has 3 aromatic rings. The van der Waals surface area contributed by atoms with Crippen molar-refractivity contribution in [3.63, 3.8) is 0 Å². The Morgan fingerprint density at radius 1 is 0.758 bits per heavy atom. The third kappa shape index (κ3) is 5.20. The average molecular weight is 471 g/mol. The molecule has 0 radical (unpaired) electrons. The fraction of sp³-hybridized carbons (Fsp3) is 0.208. The van der Waals surface area contributed by atoms with Crippen molar-refractivity contribution in [2.45, 2.75) is 18.7 Å². The van der Waals surface area contributed by atoms with Crippen LogP contribution in [0.15, 0.2) is 59.5 Å². The van der Waals surface area contributed by atoms with Crippen LogP contribution in [0.4, 0.5) is 11.4 Å². The zero-order valence-corrected chi connectivity index (χ0v) is 19.9. The van der Waals surface area contributed by atoms with Crippen LogP contribution in [0, 0.1) is 13.8 Å². The Hall–Kier alpha value is -3.72. The number of methoxy groups -OCH3 is 3. The molecule has 0 atom stereocenters. The highest BCUT2D eigenvalue weighted by Gasteiger charge is 2.21. The zero-order chi connectivity index (χ0) is 24.2. The summed E-state index contributed by atoms with van der Waals surface area (Å²) >= 11 is 0. The molecule has 0 aliphatic rings. The third-order valence-electron chi connectivity index (χ3n) is 5.07. The van der Waals surface area contributed by atoms with Crippen molar-refractivity contribution in [1.29, 1.82) is 0 Å². The van der Waals surface area contributed by atoms with Crippen LogP contribution in [0.3, 0.4) is 0 Å². The van der Waals surface area contributed by atoms with Crippen LogP contribution in [0.2, 0.25) is 0 Å². The minimum Gasteiger partial charge on any atom is -0.495 e. The Balaban J connectivity index is 1.92. The lowest BCUT2D eigenvalue weighted by Crippen LogP contribution is -2.17. The first-order valence-corrected chi connectivity index (χ1v) is 11.5. The van der Waals surface area contributed by atoms with Gasteiger partial charge in [0.05, 0.1) is 31.9 Å². The predicted molar refractivity (Wildman–Crippen MR) is 127 cm³/mol. The maximum Gasteiger partial charge on any atom is 0.262 e. The summed E-state index contributed by atoms with van der Waals surface area (Å²) in [5.74, 6) is 0.932. The summed E-state index contributed by atoms with van der Waals surface area (Å²) < 4.78 is 44.5. The molecule has 9 heteroatoms. The second kappa shape index (κ2) is 9.83. The van der Waals surface area contributed by atoms with Crippen LogP contribution in [0.1, 0.15) is 21.5 Å². The van der Waals surface area contributed by atoms with E-state index in [0.717, 1.165) is 5.56 Å². The first kappa shape index (κ1) is 23.9. The summed E-state index contributed by atoms with van der Waals surface area (Å²) in [4.78, 5) is 12.9. The minimum atomic E-state index is -3.98. The molecule has 3 rings (SSSR count). The molecule has 33 heavy (non-hydrogen) atoms. The van der Waals surface area contributed by atoms with E-state index in [9.17, 15) is 13.2 Å². The van der Waals surface area contributed by atoms with E-state index in [1.165, 1.54) is 27.4 Å². The van der Waals surface area contributed by atoms with E-state index in [-0.39, 0.29) is 10.5 Å². The number of amides is 1. The topological polar surface area (TPSA) is 103 Å². The first-order chi connectivity index (χ1) is 15.7. The minimum absolute atomic E-state index is 0.00918. The third-order valence-corrected chi connectivity index (χ3v) is 6.58. The van der Waals surface area contributed by atoms with Crippen LogP contribution >= 0.6 is 0 Å². The monoisotopic (exact) mass is 470 g/mol. The Kier molecular flexibility index (Phi) is 7.13. The Labute approximate surface area is 193 Å². The molecule has 3 aromatic carbocycles. The van der Waals surface area contributed by atoms with Gasteiger partial charge in [-0.3, -0.25) is 9.52 Å². The summed E-state index contributed by atoms with van der Waals surface area (Å²) in [5.41, 5.74) is 2.27. The summed E-state index contributed by atoms with van der Waals surface area (Å²) in [6.07, 6.45) is 0. The van der Waals surface area contributed by atoms with E-state index in [1.54, 1.807) is 55.5 Å². The molecule has 0 aromatic heterocycles. The van der Waals surface area contributed by atoms with Gasteiger partial charge in [-0.25, -0.2) is 8.42 Å². The molecule has 8 nitrogen and oxygen atoms in total. The van der Waals surface area contributed by atoms with Gasteiger partial charge < -0.3 is 19.5 Å². The quantitative estimate of drug-likeness (QED) is 0.506. The number of benzene rings is 3. The van der Waals surface area contributed by atoms with Gasteiger partial charge in [0.1, 0.15) is 5.75 Å². The largest absolute Gasteiger partial charge is 0.495 e. The van der Waals surface area contributed by atoms with E-state index in [4.69, 9.17) is 14.2 Å². The second-order valence-corrected chi connectivity index (χ2v) is 8.91. The number of carbonyl (C=O) groups excluding carboxylic acids is 1. The van der Waals surface area contributed by atoms with Crippen molar-refractivity contribution >= 4 is 27.3 Å². The zero-order valence-electron chi connectivity index (χ0n) is 19.1. The van der Waals surface area contributed by atoms with Crippen LogP contribution in [0.25, 0.3) is 0 Å². The lowest BCUT2D eigenvalue weighted by molar-refractivity contribution is 0.102. The molecule has 0 spiro atoms. The molecule has 0 aliphatic carbocycles. The lowest BCUT2D eigenvalue weighted by atomic mass is 10.1. The number of ether oxygens (including phenoxy) is 3. The van der Waals surface area contributed by atoms with Gasteiger partial charge in [-0.05, 0) is 55.3 Å². The molecule has 0 fully saturated rings. The molecule has 0 unspecified atom stereocenters. The lowest BCUT2D eigenvalue weighted by Gasteiger charge is -2.15. The van der Waals surface area contributed by atoms with Crippen molar-refractivity contribution in [3.8, 4) is 17.2 Å². The molecular formula is C24H26N2O6S. The van der Waals surface area contributed by atoms with Gasteiger partial charge in [0.25, 0.3) is 15.9 Å².